The Morgan fingerprint density at radius 2 is 2.10 bits per heavy atom. The van der Waals surface area contributed by atoms with E-state index in [1.807, 2.05) is 19.2 Å². The first-order chi connectivity index (χ1) is 9.58. The van der Waals surface area contributed by atoms with Crippen LogP contribution in [0.4, 0.5) is 4.39 Å². The lowest BCUT2D eigenvalue weighted by molar-refractivity contribution is -0.121. The van der Waals surface area contributed by atoms with E-state index in [4.69, 9.17) is 0 Å². The molecule has 0 unspecified atom stereocenters. The molecule has 0 radical (unpaired) electrons. The van der Waals surface area contributed by atoms with Crippen molar-refractivity contribution in [3.05, 3.63) is 41.2 Å². The molecule has 20 heavy (non-hydrogen) atoms. The van der Waals surface area contributed by atoms with E-state index in [1.54, 1.807) is 12.1 Å². The second-order valence-corrected chi connectivity index (χ2v) is 5.56. The van der Waals surface area contributed by atoms with Gasteiger partial charge in [0, 0.05) is 17.0 Å². The molecule has 2 aromatic rings. The molecule has 1 amide bonds. The molecule has 3 nitrogen and oxygen atoms in total. The molecule has 0 saturated carbocycles. The molecular weight excluding hydrogens is 275 g/mol. The number of nitrogens with one attached hydrogen (secondary N) is 1. The van der Waals surface area contributed by atoms with Crippen molar-refractivity contribution in [2.45, 2.75) is 32.7 Å². The highest BCUT2D eigenvalue weighted by molar-refractivity contribution is 7.13. The highest BCUT2D eigenvalue weighted by atomic mass is 32.1. The number of benzene rings is 1. The minimum absolute atomic E-state index is 0.0182. The fourth-order valence-corrected chi connectivity index (χ4v) is 2.53. The standard InChI is InChI=1S/C15H17FN2OS/c1-3-10(2)17-14(19)8-13-9-20-15(18-13)11-4-6-12(16)7-5-11/h4-7,9-10H,3,8H2,1-2H3,(H,17,19)/t10-/m0/s1. The van der Waals surface area contributed by atoms with Crippen molar-refractivity contribution in [1.82, 2.24) is 10.3 Å². The van der Waals surface area contributed by atoms with Gasteiger partial charge in [-0.2, -0.15) is 0 Å². The van der Waals surface area contributed by atoms with E-state index in [0.29, 0.717) is 0 Å². The summed E-state index contributed by atoms with van der Waals surface area (Å²) in [5, 5.41) is 5.58. The predicted molar refractivity (Wildman–Crippen MR) is 79.1 cm³/mol. The third-order valence-electron chi connectivity index (χ3n) is 3.00. The summed E-state index contributed by atoms with van der Waals surface area (Å²) in [6.07, 6.45) is 1.19. The normalized spacial score (nSPS) is 12.2. The lowest BCUT2D eigenvalue weighted by atomic mass is 10.2. The van der Waals surface area contributed by atoms with Crippen LogP contribution in [-0.2, 0) is 11.2 Å². The summed E-state index contributed by atoms with van der Waals surface area (Å²) >= 11 is 1.46. The molecular formula is C15H17FN2OS. The van der Waals surface area contributed by atoms with Crippen LogP contribution in [0.1, 0.15) is 26.0 Å². The number of hydrogen-bond donors (Lipinski definition) is 1. The van der Waals surface area contributed by atoms with E-state index in [-0.39, 0.29) is 24.2 Å². The first-order valence-electron chi connectivity index (χ1n) is 6.58. The van der Waals surface area contributed by atoms with E-state index in [1.165, 1.54) is 23.5 Å². The Bertz CT molecular complexity index is 580. The quantitative estimate of drug-likeness (QED) is 0.917. The van der Waals surface area contributed by atoms with Crippen LogP contribution in [0.15, 0.2) is 29.6 Å². The summed E-state index contributed by atoms with van der Waals surface area (Å²) in [7, 11) is 0. The van der Waals surface area contributed by atoms with Gasteiger partial charge in [-0.15, -0.1) is 11.3 Å². The van der Waals surface area contributed by atoms with Crippen LogP contribution >= 0.6 is 11.3 Å². The second kappa shape index (κ2) is 6.61. The Labute approximate surface area is 121 Å². The molecule has 1 aromatic carbocycles. The number of carbonyl (C=O) groups is 1. The lowest BCUT2D eigenvalue weighted by Gasteiger charge is -2.10. The highest BCUT2D eigenvalue weighted by Gasteiger charge is 2.10. The molecule has 0 saturated heterocycles. The van der Waals surface area contributed by atoms with Gasteiger partial charge < -0.3 is 5.32 Å². The zero-order valence-corrected chi connectivity index (χ0v) is 12.3. The second-order valence-electron chi connectivity index (χ2n) is 4.70. The maximum atomic E-state index is 12.9. The van der Waals surface area contributed by atoms with Gasteiger partial charge in [0.2, 0.25) is 5.91 Å². The van der Waals surface area contributed by atoms with Crippen molar-refractivity contribution >= 4 is 17.2 Å². The van der Waals surface area contributed by atoms with Crippen LogP contribution in [0.5, 0.6) is 0 Å². The highest BCUT2D eigenvalue weighted by Crippen LogP contribution is 2.24. The fraction of sp³-hybridized carbons (Fsp3) is 0.333. The van der Waals surface area contributed by atoms with Crippen molar-refractivity contribution < 1.29 is 9.18 Å². The molecule has 5 heteroatoms. The SMILES string of the molecule is CC[C@H](C)NC(=O)Cc1csc(-c2ccc(F)cc2)n1. The monoisotopic (exact) mass is 292 g/mol. The maximum absolute atomic E-state index is 12.9. The van der Waals surface area contributed by atoms with E-state index >= 15 is 0 Å². The average Bonchev–Trinajstić information content (AvgIpc) is 2.87. The zero-order chi connectivity index (χ0) is 14.5. The van der Waals surface area contributed by atoms with E-state index in [9.17, 15) is 9.18 Å². The van der Waals surface area contributed by atoms with Crippen LogP contribution in [0.3, 0.4) is 0 Å². The minimum Gasteiger partial charge on any atom is -0.353 e. The first kappa shape index (κ1) is 14.7. The van der Waals surface area contributed by atoms with E-state index in [0.717, 1.165) is 22.7 Å². The summed E-state index contributed by atoms with van der Waals surface area (Å²) in [5.41, 5.74) is 1.61. The van der Waals surface area contributed by atoms with Crippen molar-refractivity contribution in [1.29, 1.82) is 0 Å². The topological polar surface area (TPSA) is 42.0 Å². The Morgan fingerprint density at radius 3 is 2.75 bits per heavy atom. The number of halogens is 1. The summed E-state index contributed by atoms with van der Waals surface area (Å²) in [6, 6.07) is 6.38. The van der Waals surface area contributed by atoms with Crippen LogP contribution in [0.2, 0.25) is 0 Å². The summed E-state index contributed by atoms with van der Waals surface area (Å²) in [5.74, 6) is -0.284. The number of carbonyl (C=O) groups excluding carboxylic acids is 1. The molecule has 0 spiro atoms. The van der Waals surface area contributed by atoms with Gasteiger partial charge in [-0.25, -0.2) is 9.37 Å². The van der Waals surface area contributed by atoms with E-state index in [2.05, 4.69) is 10.3 Å². The predicted octanol–water partition coefficient (Wildman–Crippen LogP) is 3.41. The van der Waals surface area contributed by atoms with Gasteiger partial charge in [-0.3, -0.25) is 4.79 Å². The van der Waals surface area contributed by atoms with Crippen molar-refractivity contribution in [2.24, 2.45) is 0 Å². The lowest BCUT2D eigenvalue weighted by Crippen LogP contribution is -2.33. The number of rotatable bonds is 5. The van der Waals surface area contributed by atoms with Crippen molar-refractivity contribution in [3.63, 3.8) is 0 Å². The number of thiazole rings is 1. The van der Waals surface area contributed by atoms with Crippen molar-refractivity contribution in [2.75, 3.05) is 0 Å². The molecule has 0 fully saturated rings. The molecule has 2 rings (SSSR count). The Balaban J connectivity index is 2.02. The van der Waals surface area contributed by atoms with Gasteiger partial charge in [0.15, 0.2) is 0 Å². The minimum atomic E-state index is -0.265. The van der Waals surface area contributed by atoms with Crippen molar-refractivity contribution in [3.8, 4) is 10.6 Å². The molecule has 1 atom stereocenters. The maximum Gasteiger partial charge on any atom is 0.226 e. The third-order valence-corrected chi connectivity index (χ3v) is 3.94. The molecule has 0 aliphatic carbocycles. The average molecular weight is 292 g/mol. The Hall–Kier alpha value is -1.75. The van der Waals surface area contributed by atoms with Gasteiger partial charge >= 0.3 is 0 Å². The Morgan fingerprint density at radius 1 is 1.40 bits per heavy atom. The van der Waals surface area contributed by atoms with Crippen LogP contribution in [0.25, 0.3) is 10.6 Å². The molecule has 1 N–H and O–H groups in total. The molecule has 0 aliphatic rings. The first-order valence-corrected chi connectivity index (χ1v) is 7.46. The van der Waals surface area contributed by atoms with Gasteiger partial charge in [-0.1, -0.05) is 6.92 Å². The molecule has 106 valence electrons. The Kier molecular flexibility index (Phi) is 4.84. The van der Waals surface area contributed by atoms with Gasteiger partial charge in [0.05, 0.1) is 12.1 Å². The number of hydrogen-bond acceptors (Lipinski definition) is 3. The van der Waals surface area contributed by atoms with Crippen LogP contribution in [-0.4, -0.2) is 16.9 Å². The molecule has 0 bridgehead atoms. The fourth-order valence-electron chi connectivity index (χ4n) is 1.71. The molecule has 0 aliphatic heterocycles. The number of aromatic nitrogens is 1. The van der Waals surface area contributed by atoms with Crippen LogP contribution < -0.4 is 5.32 Å². The third kappa shape index (κ3) is 3.87. The largest absolute Gasteiger partial charge is 0.353 e. The smallest absolute Gasteiger partial charge is 0.226 e. The zero-order valence-electron chi connectivity index (χ0n) is 11.5. The molecule has 1 aromatic heterocycles. The molecule has 1 heterocycles. The van der Waals surface area contributed by atoms with Gasteiger partial charge in [0.1, 0.15) is 10.8 Å². The summed E-state index contributed by atoms with van der Waals surface area (Å²) in [6.45, 7) is 4.00. The number of nitrogens with zero attached hydrogens (tertiary/aromatic N) is 1. The van der Waals surface area contributed by atoms with Gasteiger partial charge in [-0.05, 0) is 37.6 Å². The summed E-state index contributed by atoms with van der Waals surface area (Å²) < 4.78 is 12.9. The summed E-state index contributed by atoms with van der Waals surface area (Å²) in [4.78, 5) is 16.2. The van der Waals surface area contributed by atoms with Gasteiger partial charge in [0.25, 0.3) is 0 Å². The van der Waals surface area contributed by atoms with Crippen LogP contribution in [0, 0.1) is 5.82 Å². The number of amides is 1. The van der Waals surface area contributed by atoms with E-state index < -0.39 is 0 Å².